The number of aliphatic hydroxyl groups excluding tert-OH is 1. The minimum Gasteiger partial charge on any atom is -0.396 e. The number of hydrogen-bond donors (Lipinski definition) is 2. The highest BCUT2D eigenvalue weighted by atomic mass is 16.3. The number of nitrogens with one attached hydrogen (secondary N) is 1. The lowest BCUT2D eigenvalue weighted by Crippen LogP contribution is -2.44. The summed E-state index contributed by atoms with van der Waals surface area (Å²) in [6.07, 6.45) is 3.19. The van der Waals surface area contributed by atoms with Gasteiger partial charge in [-0.1, -0.05) is 6.08 Å². The van der Waals surface area contributed by atoms with Crippen LogP contribution in [0.2, 0.25) is 0 Å². The van der Waals surface area contributed by atoms with Gasteiger partial charge in [0, 0.05) is 19.7 Å². The summed E-state index contributed by atoms with van der Waals surface area (Å²) in [5.74, 6) is 0.0800. The zero-order valence-electron chi connectivity index (χ0n) is 8.41. The molecule has 0 radical (unpaired) electrons. The SMILES string of the molecule is C=CCN1CCCNC(CCO)C1=O. The second kappa shape index (κ2) is 5.78. The average Bonchev–Trinajstić information content (AvgIpc) is 2.34. The molecule has 1 rings (SSSR count). The number of amides is 1. The van der Waals surface area contributed by atoms with E-state index in [4.69, 9.17) is 5.11 Å². The highest BCUT2D eigenvalue weighted by Crippen LogP contribution is 2.05. The number of aliphatic hydroxyl groups is 1. The van der Waals surface area contributed by atoms with Crippen molar-refractivity contribution < 1.29 is 9.90 Å². The first-order valence-electron chi connectivity index (χ1n) is 5.03. The molecule has 0 spiro atoms. The van der Waals surface area contributed by atoms with Crippen molar-refractivity contribution in [3.05, 3.63) is 12.7 Å². The van der Waals surface area contributed by atoms with Gasteiger partial charge in [-0.25, -0.2) is 0 Å². The van der Waals surface area contributed by atoms with Crippen molar-refractivity contribution in [3.8, 4) is 0 Å². The quantitative estimate of drug-likeness (QED) is 0.612. The molecule has 0 aromatic rings. The highest BCUT2D eigenvalue weighted by molar-refractivity contribution is 5.82. The summed E-state index contributed by atoms with van der Waals surface area (Å²) < 4.78 is 0. The zero-order chi connectivity index (χ0) is 10.4. The Labute approximate surface area is 84.6 Å². The molecule has 1 amide bonds. The van der Waals surface area contributed by atoms with Crippen LogP contribution in [0.1, 0.15) is 12.8 Å². The van der Waals surface area contributed by atoms with Crippen molar-refractivity contribution in [2.24, 2.45) is 0 Å². The Hall–Kier alpha value is -0.870. The van der Waals surface area contributed by atoms with Crippen LogP contribution in [0, 0.1) is 0 Å². The maximum Gasteiger partial charge on any atom is 0.240 e. The summed E-state index contributed by atoms with van der Waals surface area (Å²) in [5.41, 5.74) is 0. The van der Waals surface area contributed by atoms with Crippen molar-refractivity contribution in [1.82, 2.24) is 10.2 Å². The molecule has 0 aliphatic carbocycles. The number of hydrogen-bond acceptors (Lipinski definition) is 3. The topological polar surface area (TPSA) is 52.6 Å². The van der Waals surface area contributed by atoms with Crippen molar-refractivity contribution in [2.75, 3.05) is 26.2 Å². The minimum absolute atomic E-state index is 0.0470. The molecule has 4 heteroatoms. The van der Waals surface area contributed by atoms with Gasteiger partial charge in [0.1, 0.15) is 0 Å². The Morgan fingerprint density at radius 1 is 1.71 bits per heavy atom. The van der Waals surface area contributed by atoms with Crippen LogP contribution in [0.15, 0.2) is 12.7 Å². The van der Waals surface area contributed by atoms with Crippen LogP contribution >= 0.6 is 0 Å². The second-order valence-corrected chi connectivity index (χ2v) is 3.45. The molecule has 1 aliphatic rings. The summed E-state index contributed by atoms with van der Waals surface area (Å²) in [7, 11) is 0. The average molecular weight is 198 g/mol. The third kappa shape index (κ3) is 2.82. The van der Waals surface area contributed by atoms with E-state index >= 15 is 0 Å². The van der Waals surface area contributed by atoms with E-state index in [0.717, 1.165) is 19.5 Å². The van der Waals surface area contributed by atoms with Crippen molar-refractivity contribution >= 4 is 5.91 Å². The summed E-state index contributed by atoms with van der Waals surface area (Å²) in [6.45, 7) is 5.89. The third-order valence-electron chi connectivity index (χ3n) is 2.37. The van der Waals surface area contributed by atoms with Gasteiger partial charge in [0.15, 0.2) is 0 Å². The summed E-state index contributed by atoms with van der Waals surface area (Å²) in [6, 6.07) is -0.220. The van der Waals surface area contributed by atoms with E-state index in [1.54, 1.807) is 11.0 Å². The number of nitrogens with zero attached hydrogens (tertiary/aromatic N) is 1. The van der Waals surface area contributed by atoms with Crippen molar-refractivity contribution in [1.29, 1.82) is 0 Å². The van der Waals surface area contributed by atoms with Crippen molar-refractivity contribution in [3.63, 3.8) is 0 Å². The maximum atomic E-state index is 11.8. The smallest absolute Gasteiger partial charge is 0.240 e. The van der Waals surface area contributed by atoms with Gasteiger partial charge in [0.05, 0.1) is 6.04 Å². The molecule has 1 unspecified atom stereocenters. The van der Waals surface area contributed by atoms with E-state index in [2.05, 4.69) is 11.9 Å². The molecular weight excluding hydrogens is 180 g/mol. The predicted octanol–water partition coefficient (Wildman–Crippen LogP) is -0.255. The highest BCUT2D eigenvalue weighted by Gasteiger charge is 2.24. The molecule has 1 heterocycles. The molecule has 0 bridgehead atoms. The molecule has 1 saturated heterocycles. The number of carbonyl (C=O) groups is 1. The Balaban J connectivity index is 2.58. The Morgan fingerprint density at radius 2 is 2.50 bits per heavy atom. The Kier molecular flexibility index (Phi) is 4.62. The Morgan fingerprint density at radius 3 is 3.14 bits per heavy atom. The van der Waals surface area contributed by atoms with Gasteiger partial charge < -0.3 is 15.3 Å². The molecule has 4 nitrogen and oxygen atoms in total. The van der Waals surface area contributed by atoms with Gasteiger partial charge >= 0.3 is 0 Å². The summed E-state index contributed by atoms with van der Waals surface area (Å²) >= 11 is 0. The zero-order valence-corrected chi connectivity index (χ0v) is 8.41. The normalized spacial score (nSPS) is 23.4. The van der Waals surface area contributed by atoms with Gasteiger partial charge in [0.2, 0.25) is 5.91 Å². The molecule has 0 aromatic heterocycles. The number of rotatable bonds is 4. The van der Waals surface area contributed by atoms with E-state index in [9.17, 15) is 4.79 Å². The van der Waals surface area contributed by atoms with E-state index in [0.29, 0.717) is 13.0 Å². The van der Waals surface area contributed by atoms with Gasteiger partial charge in [-0.2, -0.15) is 0 Å². The fourth-order valence-corrected chi connectivity index (χ4v) is 1.66. The lowest BCUT2D eigenvalue weighted by Gasteiger charge is -2.22. The first-order valence-corrected chi connectivity index (χ1v) is 5.03. The van der Waals surface area contributed by atoms with Crippen LogP contribution in [0.4, 0.5) is 0 Å². The van der Waals surface area contributed by atoms with Crippen LogP contribution in [0.5, 0.6) is 0 Å². The van der Waals surface area contributed by atoms with Crippen LogP contribution in [-0.4, -0.2) is 48.2 Å². The van der Waals surface area contributed by atoms with Gasteiger partial charge in [-0.3, -0.25) is 4.79 Å². The summed E-state index contributed by atoms with van der Waals surface area (Å²) in [4.78, 5) is 13.6. The number of carbonyl (C=O) groups excluding carboxylic acids is 1. The molecule has 14 heavy (non-hydrogen) atoms. The van der Waals surface area contributed by atoms with Crippen LogP contribution < -0.4 is 5.32 Å². The minimum atomic E-state index is -0.220. The fraction of sp³-hybridized carbons (Fsp3) is 0.700. The monoisotopic (exact) mass is 198 g/mol. The second-order valence-electron chi connectivity index (χ2n) is 3.45. The predicted molar refractivity (Wildman–Crippen MR) is 54.9 cm³/mol. The van der Waals surface area contributed by atoms with E-state index < -0.39 is 0 Å². The molecule has 2 N–H and O–H groups in total. The van der Waals surface area contributed by atoms with E-state index in [-0.39, 0.29) is 18.6 Å². The summed E-state index contributed by atoms with van der Waals surface area (Å²) in [5, 5.41) is 11.9. The molecule has 0 aromatic carbocycles. The first-order chi connectivity index (χ1) is 6.79. The molecule has 1 atom stereocenters. The lowest BCUT2D eigenvalue weighted by atomic mass is 10.2. The standard InChI is InChI=1S/C10H18N2O2/c1-2-6-12-7-3-5-11-9(4-8-13)10(12)14/h2,9,11,13H,1,3-8H2. The van der Waals surface area contributed by atoms with Gasteiger partial charge in [0.25, 0.3) is 0 Å². The fourth-order valence-electron chi connectivity index (χ4n) is 1.66. The molecule has 1 aliphatic heterocycles. The Bertz CT molecular complexity index is 206. The van der Waals surface area contributed by atoms with Crippen LogP contribution in [0.3, 0.4) is 0 Å². The van der Waals surface area contributed by atoms with E-state index in [1.807, 2.05) is 0 Å². The van der Waals surface area contributed by atoms with Gasteiger partial charge in [-0.15, -0.1) is 6.58 Å². The van der Waals surface area contributed by atoms with Crippen LogP contribution in [0.25, 0.3) is 0 Å². The molecular formula is C10H18N2O2. The van der Waals surface area contributed by atoms with E-state index in [1.165, 1.54) is 0 Å². The van der Waals surface area contributed by atoms with Crippen LogP contribution in [-0.2, 0) is 4.79 Å². The lowest BCUT2D eigenvalue weighted by molar-refractivity contribution is -0.132. The first kappa shape index (κ1) is 11.2. The molecule has 1 fully saturated rings. The van der Waals surface area contributed by atoms with Crippen molar-refractivity contribution in [2.45, 2.75) is 18.9 Å². The molecule has 80 valence electrons. The van der Waals surface area contributed by atoms with Gasteiger partial charge in [-0.05, 0) is 19.4 Å². The molecule has 0 saturated carbocycles. The largest absolute Gasteiger partial charge is 0.396 e. The third-order valence-corrected chi connectivity index (χ3v) is 2.37. The maximum absolute atomic E-state index is 11.8.